The van der Waals surface area contributed by atoms with Crippen LogP contribution in [0.3, 0.4) is 0 Å². The molecule has 0 aliphatic carbocycles. The SMILES string of the molecule is COc1ccccc1N1CCN(CCc2ccccc2NC2OC(=O)c3ccccc32)CC1. The summed E-state index contributed by atoms with van der Waals surface area (Å²) in [6.45, 7) is 4.98. The highest BCUT2D eigenvalue weighted by Crippen LogP contribution is 2.33. The minimum absolute atomic E-state index is 0.270. The monoisotopic (exact) mass is 443 g/mol. The van der Waals surface area contributed by atoms with Crippen molar-refractivity contribution in [2.45, 2.75) is 12.6 Å². The maximum absolute atomic E-state index is 12.2. The summed E-state index contributed by atoms with van der Waals surface area (Å²) in [5, 5.41) is 3.44. The highest BCUT2D eigenvalue weighted by Gasteiger charge is 2.30. The number of benzene rings is 3. The van der Waals surface area contributed by atoms with Gasteiger partial charge in [-0.1, -0.05) is 48.5 Å². The third-order valence-corrected chi connectivity index (χ3v) is 6.49. The summed E-state index contributed by atoms with van der Waals surface area (Å²) in [4.78, 5) is 17.1. The lowest BCUT2D eigenvalue weighted by molar-refractivity contribution is 0.0437. The van der Waals surface area contributed by atoms with Gasteiger partial charge in [-0.2, -0.15) is 0 Å². The van der Waals surface area contributed by atoms with Crippen LogP contribution in [0.1, 0.15) is 27.7 Å². The van der Waals surface area contributed by atoms with Crippen LogP contribution in [0.15, 0.2) is 72.8 Å². The number of anilines is 2. The van der Waals surface area contributed by atoms with Gasteiger partial charge in [0, 0.05) is 44.0 Å². The van der Waals surface area contributed by atoms with Gasteiger partial charge in [-0.05, 0) is 36.2 Å². The molecule has 3 aromatic rings. The number of hydrogen-bond acceptors (Lipinski definition) is 6. The van der Waals surface area contributed by atoms with E-state index in [4.69, 9.17) is 9.47 Å². The molecular formula is C27H29N3O3. The lowest BCUT2D eigenvalue weighted by Crippen LogP contribution is -2.47. The second-order valence-electron chi connectivity index (χ2n) is 8.42. The molecule has 170 valence electrons. The standard InChI is InChI=1S/C27H29N3O3/c1-32-25-13-7-6-12-24(25)30-18-16-29(17-19-30)15-14-20-8-2-5-11-23(20)28-26-21-9-3-4-10-22(21)27(31)33-26/h2-13,26,28H,14-19H2,1H3. The van der Waals surface area contributed by atoms with Crippen LogP contribution in [0.4, 0.5) is 11.4 Å². The number of nitrogens with one attached hydrogen (secondary N) is 1. The first-order valence-corrected chi connectivity index (χ1v) is 11.5. The summed E-state index contributed by atoms with van der Waals surface area (Å²) < 4.78 is 11.1. The molecule has 0 amide bonds. The zero-order valence-electron chi connectivity index (χ0n) is 18.9. The molecular weight excluding hydrogens is 414 g/mol. The van der Waals surface area contributed by atoms with Gasteiger partial charge in [0.05, 0.1) is 18.4 Å². The number of carbonyl (C=O) groups is 1. The van der Waals surface area contributed by atoms with Gasteiger partial charge < -0.3 is 19.7 Å². The highest BCUT2D eigenvalue weighted by atomic mass is 16.6. The van der Waals surface area contributed by atoms with Crippen LogP contribution in [0.25, 0.3) is 0 Å². The molecule has 33 heavy (non-hydrogen) atoms. The van der Waals surface area contributed by atoms with Crippen molar-refractivity contribution in [3.63, 3.8) is 0 Å². The molecule has 2 heterocycles. The van der Waals surface area contributed by atoms with Gasteiger partial charge in [0.15, 0.2) is 0 Å². The van der Waals surface area contributed by atoms with Crippen molar-refractivity contribution < 1.29 is 14.3 Å². The summed E-state index contributed by atoms with van der Waals surface area (Å²) >= 11 is 0. The number of rotatable bonds is 7. The van der Waals surface area contributed by atoms with E-state index in [0.717, 1.165) is 56.1 Å². The molecule has 0 saturated carbocycles. The van der Waals surface area contributed by atoms with Crippen molar-refractivity contribution in [3.05, 3.63) is 89.5 Å². The molecule has 1 atom stereocenters. The Morgan fingerprint density at radius 3 is 2.52 bits per heavy atom. The fourth-order valence-electron chi connectivity index (χ4n) is 4.66. The van der Waals surface area contributed by atoms with Crippen LogP contribution >= 0.6 is 0 Å². The first-order valence-electron chi connectivity index (χ1n) is 11.5. The quantitative estimate of drug-likeness (QED) is 0.548. The Hall–Kier alpha value is -3.51. The number of piperazine rings is 1. The van der Waals surface area contributed by atoms with E-state index in [1.54, 1.807) is 7.11 Å². The fourth-order valence-corrected chi connectivity index (χ4v) is 4.66. The number of nitrogens with zero attached hydrogens (tertiary/aromatic N) is 2. The lowest BCUT2D eigenvalue weighted by atomic mass is 10.1. The molecule has 2 aliphatic rings. The number of carbonyl (C=O) groups excluding carboxylic acids is 1. The molecule has 1 N–H and O–H groups in total. The van der Waals surface area contributed by atoms with Crippen molar-refractivity contribution >= 4 is 17.3 Å². The van der Waals surface area contributed by atoms with Gasteiger partial charge >= 0.3 is 5.97 Å². The summed E-state index contributed by atoms with van der Waals surface area (Å²) in [6, 6.07) is 24.1. The van der Waals surface area contributed by atoms with Gasteiger partial charge in [0.1, 0.15) is 5.75 Å². The fraction of sp³-hybridized carbons (Fsp3) is 0.296. The van der Waals surface area contributed by atoms with Crippen LogP contribution in [-0.2, 0) is 11.2 Å². The average Bonchev–Trinajstić information content (AvgIpc) is 3.19. The largest absolute Gasteiger partial charge is 0.495 e. The summed E-state index contributed by atoms with van der Waals surface area (Å²) in [5.74, 6) is 0.661. The van der Waals surface area contributed by atoms with E-state index in [2.05, 4.69) is 45.4 Å². The number of esters is 1. The molecule has 1 fully saturated rings. The molecule has 0 radical (unpaired) electrons. The van der Waals surface area contributed by atoms with Crippen molar-refractivity contribution in [2.24, 2.45) is 0 Å². The first kappa shape index (κ1) is 21.3. The zero-order valence-corrected chi connectivity index (χ0v) is 18.9. The number of fused-ring (bicyclic) bond motifs is 1. The van der Waals surface area contributed by atoms with Crippen molar-refractivity contribution in [2.75, 3.05) is 50.1 Å². The molecule has 0 aromatic heterocycles. The predicted octanol–water partition coefficient (Wildman–Crippen LogP) is 4.34. The number of para-hydroxylation sites is 3. The van der Waals surface area contributed by atoms with E-state index in [9.17, 15) is 4.79 Å². The molecule has 2 aliphatic heterocycles. The van der Waals surface area contributed by atoms with Crippen LogP contribution in [0, 0.1) is 0 Å². The average molecular weight is 444 g/mol. The van der Waals surface area contributed by atoms with Crippen LogP contribution in [-0.4, -0.2) is 50.7 Å². The Labute approximate surface area is 194 Å². The van der Waals surface area contributed by atoms with Crippen LogP contribution in [0.2, 0.25) is 0 Å². The molecule has 0 spiro atoms. The van der Waals surface area contributed by atoms with E-state index in [1.165, 1.54) is 11.3 Å². The third-order valence-electron chi connectivity index (χ3n) is 6.49. The Bertz CT molecular complexity index is 1120. The minimum atomic E-state index is -0.445. The molecule has 6 heteroatoms. The molecule has 6 nitrogen and oxygen atoms in total. The normalized spacial score (nSPS) is 18.0. The Morgan fingerprint density at radius 1 is 0.939 bits per heavy atom. The second-order valence-corrected chi connectivity index (χ2v) is 8.42. The van der Waals surface area contributed by atoms with Crippen molar-refractivity contribution in [1.82, 2.24) is 4.90 Å². The molecule has 3 aromatic carbocycles. The molecule has 1 saturated heterocycles. The van der Waals surface area contributed by atoms with Crippen molar-refractivity contribution in [3.8, 4) is 5.75 Å². The first-order chi connectivity index (χ1) is 16.2. The summed E-state index contributed by atoms with van der Waals surface area (Å²) in [6.07, 6.45) is 0.486. The minimum Gasteiger partial charge on any atom is -0.495 e. The summed E-state index contributed by atoms with van der Waals surface area (Å²) in [7, 11) is 1.73. The number of methoxy groups -OCH3 is 1. The predicted molar refractivity (Wildman–Crippen MR) is 130 cm³/mol. The van der Waals surface area contributed by atoms with Crippen molar-refractivity contribution in [1.29, 1.82) is 0 Å². The molecule has 1 unspecified atom stereocenters. The summed E-state index contributed by atoms with van der Waals surface area (Å²) in [5.41, 5.74) is 4.94. The Balaban J connectivity index is 1.20. The van der Waals surface area contributed by atoms with Gasteiger partial charge in [-0.15, -0.1) is 0 Å². The third kappa shape index (κ3) is 4.52. The number of ether oxygens (including phenoxy) is 2. The maximum atomic E-state index is 12.2. The molecule has 0 bridgehead atoms. The maximum Gasteiger partial charge on any atom is 0.340 e. The number of cyclic esters (lactones) is 1. The van der Waals surface area contributed by atoms with E-state index in [-0.39, 0.29) is 5.97 Å². The second kappa shape index (κ2) is 9.55. The topological polar surface area (TPSA) is 54.0 Å². The van der Waals surface area contributed by atoms with Gasteiger partial charge in [-0.3, -0.25) is 4.90 Å². The van der Waals surface area contributed by atoms with Crippen LogP contribution < -0.4 is 15.0 Å². The van der Waals surface area contributed by atoms with Gasteiger partial charge in [0.25, 0.3) is 0 Å². The van der Waals surface area contributed by atoms with E-state index in [0.29, 0.717) is 5.56 Å². The van der Waals surface area contributed by atoms with Gasteiger partial charge in [-0.25, -0.2) is 4.79 Å². The number of hydrogen-bond donors (Lipinski definition) is 1. The van der Waals surface area contributed by atoms with Gasteiger partial charge in [0.2, 0.25) is 6.23 Å². The smallest absolute Gasteiger partial charge is 0.340 e. The van der Waals surface area contributed by atoms with E-state index < -0.39 is 6.23 Å². The van der Waals surface area contributed by atoms with Crippen LogP contribution in [0.5, 0.6) is 5.75 Å². The highest BCUT2D eigenvalue weighted by molar-refractivity contribution is 5.94. The molecule has 5 rings (SSSR count). The Morgan fingerprint density at radius 2 is 1.67 bits per heavy atom. The zero-order chi connectivity index (χ0) is 22.6. The van der Waals surface area contributed by atoms with E-state index in [1.807, 2.05) is 42.5 Å². The lowest BCUT2D eigenvalue weighted by Gasteiger charge is -2.36. The van der Waals surface area contributed by atoms with E-state index >= 15 is 0 Å². The Kier molecular flexibility index (Phi) is 6.17.